The molecule has 3 heterocycles. The number of nitrogens with zero attached hydrogens (tertiary/aromatic N) is 4. The molecule has 0 saturated heterocycles. The first-order valence-corrected chi connectivity index (χ1v) is 10.4. The number of fused-ring (bicyclic) bond motifs is 2. The molecule has 1 saturated carbocycles. The van der Waals surface area contributed by atoms with Gasteiger partial charge in [0.15, 0.2) is 17.3 Å². The highest BCUT2D eigenvalue weighted by atomic mass is 32.2. The Hall–Kier alpha value is -2.13. The fourth-order valence-electron chi connectivity index (χ4n) is 3.39. The second kappa shape index (κ2) is 5.95. The Bertz CT molecular complexity index is 926. The van der Waals surface area contributed by atoms with E-state index in [1.807, 2.05) is 4.68 Å². The van der Waals surface area contributed by atoms with Crippen molar-refractivity contribution in [1.29, 1.82) is 0 Å². The first-order valence-electron chi connectivity index (χ1n) is 8.95. The molecule has 3 aliphatic rings. The van der Waals surface area contributed by atoms with Crippen molar-refractivity contribution in [3.05, 3.63) is 29.8 Å². The van der Waals surface area contributed by atoms with Gasteiger partial charge < -0.3 is 9.47 Å². The highest BCUT2D eigenvalue weighted by Gasteiger charge is 2.32. The van der Waals surface area contributed by atoms with Gasteiger partial charge in [-0.15, -0.1) is 0 Å². The highest BCUT2D eigenvalue weighted by Crippen LogP contribution is 2.38. The van der Waals surface area contributed by atoms with E-state index in [1.54, 1.807) is 18.2 Å². The van der Waals surface area contributed by atoms with Gasteiger partial charge >= 0.3 is 0 Å². The highest BCUT2D eigenvalue weighted by molar-refractivity contribution is 7.89. The number of aromatic nitrogens is 3. The predicted octanol–water partition coefficient (Wildman–Crippen LogP) is 1.17. The maximum atomic E-state index is 13.1. The van der Waals surface area contributed by atoms with Gasteiger partial charge in [-0.25, -0.2) is 18.1 Å². The molecule has 0 atom stereocenters. The minimum atomic E-state index is -3.60. The average Bonchev–Trinajstić information content (AvgIpc) is 3.45. The van der Waals surface area contributed by atoms with Gasteiger partial charge in [0, 0.05) is 31.5 Å². The molecule has 0 bridgehead atoms. The molecule has 26 heavy (non-hydrogen) atoms. The lowest BCUT2D eigenvalue weighted by atomic mass is 10.3. The molecular weight excluding hydrogens is 356 g/mol. The summed E-state index contributed by atoms with van der Waals surface area (Å²) in [6, 6.07) is 4.79. The van der Waals surface area contributed by atoms with Gasteiger partial charge in [-0.3, -0.25) is 0 Å². The Morgan fingerprint density at radius 2 is 1.85 bits per heavy atom. The summed E-state index contributed by atoms with van der Waals surface area (Å²) in [4.78, 5) is 4.84. The van der Waals surface area contributed by atoms with Crippen molar-refractivity contribution in [2.75, 3.05) is 26.3 Å². The smallest absolute Gasteiger partial charge is 0.243 e. The van der Waals surface area contributed by atoms with Crippen LogP contribution in [0.3, 0.4) is 0 Å². The Labute approximate surface area is 151 Å². The predicted molar refractivity (Wildman–Crippen MR) is 91.9 cm³/mol. The first kappa shape index (κ1) is 16.1. The van der Waals surface area contributed by atoms with Crippen molar-refractivity contribution in [1.82, 2.24) is 19.1 Å². The minimum absolute atomic E-state index is 0.230. The fourth-order valence-corrected chi connectivity index (χ4v) is 4.84. The lowest BCUT2D eigenvalue weighted by Gasteiger charge is -2.22. The summed E-state index contributed by atoms with van der Waals surface area (Å²) in [5.41, 5.74) is 0. The van der Waals surface area contributed by atoms with Crippen LogP contribution >= 0.6 is 0 Å². The molecule has 5 rings (SSSR count). The van der Waals surface area contributed by atoms with E-state index in [1.165, 1.54) is 4.31 Å². The normalized spacial score (nSPS) is 20.5. The summed E-state index contributed by atoms with van der Waals surface area (Å²) >= 11 is 0. The molecule has 0 unspecified atom stereocenters. The van der Waals surface area contributed by atoms with Gasteiger partial charge in [-0.1, -0.05) is 0 Å². The van der Waals surface area contributed by atoms with Gasteiger partial charge in [0.2, 0.25) is 10.0 Å². The lowest BCUT2D eigenvalue weighted by Crippen LogP contribution is -2.34. The van der Waals surface area contributed by atoms with Gasteiger partial charge in [-0.05, 0) is 25.0 Å². The van der Waals surface area contributed by atoms with E-state index in [2.05, 4.69) is 10.1 Å². The molecule has 0 amide bonds. The summed E-state index contributed by atoms with van der Waals surface area (Å²) in [6.07, 6.45) is 2.89. The molecule has 1 aromatic carbocycles. The molecule has 1 aliphatic carbocycles. The third-order valence-electron chi connectivity index (χ3n) is 5.00. The molecule has 1 aromatic heterocycles. The zero-order chi connectivity index (χ0) is 17.7. The minimum Gasteiger partial charge on any atom is -0.486 e. The van der Waals surface area contributed by atoms with Crippen molar-refractivity contribution in [3.8, 4) is 11.5 Å². The summed E-state index contributed by atoms with van der Waals surface area (Å²) in [7, 11) is -3.60. The second-order valence-corrected chi connectivity index (χ2v) is 8.78. The van der Waals surface area contributed by atoms with Crippen molar-refractivity contribution in [3.63, 3.8) is 0 Å². The summed E-state index contributed by atoms with van der Waals surface area (Å²) in [5, 5.41) is 4.57. The van der Waals surface area contributed by atoms with Gasteiger partial charge in [0.05, 0.1) is 11.4 Å². The van der Waals surface area contributed by atoms with Crippen molar-refractivity contribution < 1.29 is 17.9 Å². The molecule has 2 aromatic rings. The van der Waals surface area contributed by atoms with Crippen LogP contribution in [-0.4, -0.2) is 53.8 Å². The molecule has 0 radical (unpaired) electrons. The standard InChI is InChI=1S/C17H20N4O4S/c22-26(23,13-3-4-14-15(11-13)25-10-9-24-14)20-6-5-16-18-17(12-1-2-12)19-21(16)8-7-20/h3-4,11-12H,1-2,5-10H2. The Balaban J connectivity index is 1.38. The van der Waals surface area contributed by atoms with Crippen LogP contribution < -0.4 is 9.47 Å². The topological polar surface area (TPSA) is 86.6 Å². The molecule has 138 valence electrons. The van der Waals surface area contributed by atoms with E-state index in [0.29, 0.717) is 56.7 Å². The van der Waals surface area contributed by atoms with Gasteiger partial charge in [-0.2, -0.15) is 9.40 Å². The van der Waals surface area contributed by atoms with E-state index in [0.717, 1.165) is 24.5 Å². The molecule has 0 N–H and O–H groups in total. The van der Waals surface area contributed by atoms with Crippen LogP contribution in [0, 0.1) is 0 Å². The summed E-state index contributed by atoms with van der Waals surface area (Å²) in [5.74, 6) is 3.38. The van der Waals surface area contributed by atoms with E-state index >= 15 is 0 Å². The molecule has 9 heteroatoms. The lowest BCUT2D eigenvalue weighted by molar-refractivity contribution is 0.171. The van der Waals surface area contributed by atoms with E-state index < -0.39 is 10.0 Å². The van der Waals surface area contributed by atoms with Crippen LogP contribution in [-0.2, 0) is 23.0 Å². The average molecular weight is 376 g/mol. The SMILES string of the molecule is O=S(=O)(c1ccc2c(c1)OCCO2)N1CCc2nc(C3CC3)nn2CC1. The quantitative estimate of drug-likeness (QED) is 0.799. The van der Waals surface area contributed by atoms with E-state index in [9.17, 15) is 8.42 Å². The number of hydrogen-bond donors (Lipinski definition) is 0. The maximum Gasteiger partial charge on any atom is 0.243 e. The van der Waals surface area contributed by atoms with Crippen LogP contribution in [0.4, 0.5) is 0 Å². The monoisotopic (exact) mass is 376 g/mol. The third kappa shape index (κ3) is 2.75. The molecular formula is C17H20N4O4S. The van der Waals surface area contributed by atoms with Gasteiger partial charge in [0.1, 0.15) is 19.0 Å². The van der Waals surface area contributed by atoms with E-state index in [-0.39, 0.29) is 4.90 Å². The third-order valence-corrected chi connectivity index (χ3v) is 6.90. The van der Waals surface area contributed by atoms with Crippen LogP contribution in [0.15, 0.2) is 23.1 Å². The van der Waals surface area contributed by atoms with Crippen LogP contribution in [0.1, 0.15) is 30.4 Å². The number of rotatable bonds is 3. The Morgan fingerprint density at radius 1 is 1.04 bits per heavy atom. The van der Waals surface area contributed by atoms with Gasteiger partial charge in [0.25, 0.3) is 0 Å². The Kier molecular flexibility index (Phi) is 3.68. The van der Waals surface area contributed by atoms with Crippen molar-refractivity contribution in [2.24, 2.45) is 0 Å². The van der Waals surface area contributed by atoms with Crippen molar-refractivity contribution >= 4 is 10.0 Å². The molecule has 2 aliphatic heterocycles. The maximum absolute atomic E-state index is 13.1. The van der Waals surface area contributed by atoms with Crippen LogP contribution in [0.2, 0.25) is 0 Å². The van der Waals surface area contributed by atoms with Crippen LogP contribution in [0.5, 0.6) is 11.5 Å². The summed E-state index contributed by atoms with van der Waals surface area (Å²) < 4.78 is 40.5. The Morgan fingerprint density at radius 3 is 2.65 bits per heavy atom. The fraction of sp³-hybridized carbons (Fsp3) is 0.529. The number of ether oxygens (including phenoxy) is 2. The van der Waals surface area contributed by atoms with Crippen molar-refractivity contribution in [2.45, 2.75) is 36.6 Å². The number of sulfonamides is 1. The molecule has 1 fully saturated rings. The molecule has 8 nitrogen and oxygen atoms in total. The largest absolute Gasteiger partial charge is 0.486 e. The van der Waals surface area contributed by atoms with E-state index in [4.69, 9.17) is 9.47 Å². The zero-order valence-corrected chi connectivity index (χ0v) is 15.1. The molecule has 0 spiro atoms. The first-order chi connectivity index (χ1) is 12.6. The second-order valence-electron chi connectivity index (χ2n) is 6.84. The summed E-state index contributed by atoms with van der Waals surface area (Å²) in [6.45, 7) is 2.22. The number of benzene rings is 1. The zero-order valence-electron chi connectivity index (χ0n) is 14.3. The van der Waals surface area contributed by atoms with Crippen LogP contribution in [0.25, 0.3) is 0 Å². The number of hydrogen-bond acceptors (Lipinski definition) is 6.